The molecule has 0 atom stereocenters. The van der Waals surface area contributed by atoms with Gasteiger partial charge in [0.15, 0.2) is 0 Å². The lowest BCUT2D eigenvalue weighted by Crippen LogP contribution is -2.09. The van der Waals surface area contributed by atoms with Crippen molar-refractivity contribution in [3.05, 3.63) is 11.4 Å². The first kappa shape index (κ1) is 17.3. The molecule has 0 saturated carbocycles. The lowest BCUT2D eigenvalue weighted by molar-refractivity contribution is -0.140. The molecule has 0 amide bonds. The van der Waals surface area contributed by atoms with Gasteiger partial charge in [0.25, 0.3) is 0 Å². The van der Waals surface area contributed by atoms with Crippen molar-refractivity contribution in [2.75, 3.05) is 26.0 Å². The van der Waals surface area contributed by atoms with E-state index >= 15 is 0 Å². The van der Waals surface area contributed by atoms with Crippen molar-refractivity contribution in [2.45, 2.75) is 27.7 Å². The first-order valence-electron chi connectivity index (χ1n) is 5.80. The van der Waals surface area contributed by atoms with Crippen LogP contribution in [0.2, 0.25) is 0 Å². The number of carbonyl (C=O) groups is 1. The van der Waals surface area contributed by atoms with Gasteiger partial charge < -0.3 is 13.8 Å². The minimum Gasteiger partial charge on any atom is -0.461 e. The highest BCUT2D eigenvalue weighted by atomic mass is 31.2. The molecule has 0 aromatic carbocycles. The monoisotopic (exact) mass is 282 g/mol. The molecule has 0 aliphatic heterocycles. The van der Waals surface area contributed by atoms with E-state index in [2.05, 4.69) is 4.74 Å². The Kier molecular flexibility index (Phi) is 8.07. The topological polar surface area (TPSA) is 61.8 Å². The van der Waals surface area contributed by atoms with Crippen LogP contribution in [0.1, 0.15) is 27.7 Å². The van der Waals surface area contributed by atoms with Crippen LogP contribution < -0.4 is 0 Å². The lowest BCUT2D eigenvalue weighted by Gasteiger charge is -2.17. The summed E-state index contributed by atoms with van der Waals surface area (Å²) in [5, 5.41) is 0. The average molecular weight is 282 g/mol. The van der Waals surface area contributed by atoms with Crippen molar-refractivity contribution in [3.8, 4) is 0 Å². The van der Waals surface area contributed by atoms with E-state index < -0.39 is 19.4 Å². The molecule has 0 fully saturated rings. The zero-order valence-electron chi connectivity index (χ0n) is 11.2. The van der Waals surface area contributed by atoms with Gasteiger partial charge in [0.1, 0.15) is 0 Å². The second-order valence-electron chi connectivity index (χ2n) is 3.42. The van der Waals surface area contributed by atoms with E-state index in [0.717, 1.165) is 0 Å². The van der Waals surface area contributed by atoms with Crippen LogP contribution in [0.15, 0.2) is 11.4 Å². The van der Waals surface area contributed by atoms with E-state index in [1.807, 2.05) is 0 Å². The van der Waals surface area contributed by atoms with Crippen molar-refractivity contribution in [2.24, 2.45) is 0 Å². The third-order valence-corrected chi connectivity index (χ3v) is 4.08. The summed E-state index contributed by atoms with van der Waals surface area (Å²) in [6.45, 7) is 6.70. The van der Waals surface area contributed by atoms with Gasteiger partial charge in [0, 0.05) is 0 Å². The fourth-order valence-electron chi connectivity index (χ4n) is 1.25. The Labute approximate surface area is 107 Å². The van der Waals surface area contributed by atoms with Crippen LogP contribution in [0.3, 0.4) is 0 Å². The number of ether oxygens (including phenoxy) is 1. The number of halogens is 1. The average Bonchev–Trinajstić information content (AvgIpc) is 2.28. The second-order valence-corrected chi connectivity index (χ2v) is 5.47. The van der Waals surface area contributed by atoms with Crippen molar-refractivity contribution >= 4 is 13.6 Å². The summed E-state index contributed by atoms with van der Waals surface area (Å²) in [6.07, 6.45) is -0.265. The van der Waals surface area contributed by atoms with Crippen molar-refractivity contribution in [3.63, 3.8) is 0 Å². The van der Waals surface area contributed by atoms with E-state index in [9.17, 15) is 13.8 Å². The summed E-state index contributed by atoms with van der Waals surface area (Å²) < 4.78 is 40.2. The summed E-state index contributed by atoms with van der Waals surface area (Å²) in [7, 11) is -3.39. The largest absolute Gasteiger partial charge is 0.461 e. The fraction of sp³-hybridized carbons (Fsp3) is 0.727. The van der Waals surface area contributed by atoms with Crippen molar-refractivity contribution in [1.82, 2.24) is 0 Å². The van der Waals surface area contributed by atoms with Crippen molar-refractivity contribution in [1.29, 1.82) is 0 Å². The van der Waals surface area contributed by atoms with Gasteiger partial charge in [-0.05, 0) is 33.3 Å². The third kappa shape index (κ3) is 5.76. The van der Waals surface area contributed by atoms with E-state index in [-0.39, 0.29) is 31.6 Å². The Morgan fingerprint density at radius 1 is 1.11 bits per heavy atom. The normalized spacial score (nSPS) is 13.2. The van der Waals surface area contributed by atoms with E-state index in [4.69, 9.17) is 9.05 Å². The number of carbonyl (C=O) groups excluding carboxylic acids is 1. The Balaban J connectivity index is 4.87. The maximum absolute atomic E-state index is 13.6. The van der Waals surface area contributed by atoms with Gasteiger partial charge in [0.2, 0.25) is 5.83 Å². The van der Waals surface area contributed by atoms with Crippen LogP contribution in [0, 0.1) is 0 Å². The first-order chi connectivity index (χ1) is 8.40. The third-order valence-electron chi connectivity index (χ3n) is 1.91. The number of rotatable bonds is 8. The van der Waals surface area contributed by atoms with Crippen LogP contribution in [0.4, 0.5) is 4.39 Å². The second kappa shape index (κ2) is 8.40. The molecule has 0 rings (SSSR count). The van der Waals surface area contributed by atoms with Gasteiger partial charge in [-0.1, -0.05) is 0 Å². The van der Waals surface area contributed by atoms with Gasteiger partial charge in [-0.15, -0.1) is 0 Å². The first-order valence-corrected chi connectivity index (χ1v) is 7.53. The van der Waals surface area contributed by atoms with Crippen molar-refractivity contribution < 1.29 is 27.5 Å². The van der Waals surface area contributed by atoms with Gasteiger partial charge in [-0.25, -0.2) is 4.79 Å². The molecule has 7 heteroatoms. The zero-order chi connectivity index (χ0) is 14.2. The summed E-state index contributed by atoms with van der Waals surface area (Å²) in [6, 6.07) is 0. The van der Waals surface area contributed by atoms with Crippen LogP contribution in [-0.2, 0) is 23.1 Å². The number of esters is 1. The molecule has 0 unspecified atom stereocenters. The fourth-order valence-corrected chi connectivity index (χ4v) is 3.01. The minimum absolute atomic E-state index is 0.00122. The quantitative estimate of drug-likeness (QED) is 0.389. The van der Waals surface area contributed by atoms with Gasteiger partial charge >= 0.3 is 13.6 Å². The molecule has 0 aliphatic carbocycles. The maximum atomic E-state index is 13.6. The predicted octanol–water partition coefficient (Wildman–Crippen LogP) is 3.06. The van der Waals surface area contributed by atoms with Gasteiger partial charge in [0.05, 0.1) is 26.0 Å². The molecule has 0 N–H and O–H groups in total. The summed E-state index contributed by atoms with van der Waals surface area (Å²) in [4.78, 5) is 11.2. The molecule has 0 aromatic rings. The Morgan fingerprint density at radius 2 is 1.61 bits per heavy atom. The molecule has 0 aromatic heterocycles. The molecule has 0 aliphatic rings. The predicted molar refractivity (Wildman–Crippen MR) is 66.2 cm³/mol. The highest BCUT2D eigenvalue weighted by molar-refractivity contribution is 7.54. The smallest absolute Gasteiger partial charge is 0.367 e. The maximum Gasteiger partial charge on any atom is 0.367 e. The highest BCUT2D eigenvalue weighted by Crippen LogP contribution is 2.49. The summed E-state index contributed by atoms with van der Waals surface area (Å²) >= 11 is 0. The van der Waals surface area contributed by atoms with Crippen LogP contribution in [0.5, 0.6) is 0 Å². The number of allylic oxidation sites excluding steroid dienone is 1. The molecule has 0 heterocycles. The van der Waals surface area contributed by atoms with Gasteiger partial charge in [-0.3, -0.25) is 4.57 Å². The zero-order valence-corrected chi connectivity index (χ0v) is 12.1. The Hall–Kier alpha value is -0.710. The van der Waals surface area contributed by atoms with E-state index in [1.165, 1.54) is 6.92 Å². The highest BCUT2D eigenvalue weighted by Gasteiger charge is 2.27. The molecule has 0 bridgehead atoms. The molecular weight excluding hydrogens is 262 g/mol. The van der Waals surface area contributed by atoms with Crippen LogP contribution >= 0.6 is 7.60 Å². The molecule has 0 spiro atoms. The van der Waals surface area contributed by atoms with E-state index in [0.29, 0.717) is 0 Å². The van der Waals surface area contributed by atoms with Crippen LogP contribution in [-0.4, -0.2) is 32.0 Å². The molecule has 18 heavy (non-hydrogen) atoms. The molecule has 106 valence electrons. The molecule has 0 saturated heterocycles. The lowest BCUT2D eigenvalue weighted by atomic mass is 10.3. The van der Waals surface area contributed by atoms with Gasteiger partial charge in [-0.2, -0.15) is 4.39 Å². The minimum atomic E-state index is -3.39. The SMILES string of the molecule is CCOC(=O)/C(F)=C(\C)CP(=O)(OCC)OCC. The number of hydrogen-bond acceptors (Lipinski definition) is 5. The Morgan fingerprint density at radius 3 is 2.00 bits per heavy atom. The number of hydrogen-bond donors (Lipinski definition) is 0. The molecule has 0 radical (unpaired) electrons. The molecular formula is C11H20FO5P. The van der Waals surface area contributed by atoms with E-state index in [1.54, 1.807) is 20.8 Å². The molecule has 5 nitrogen and oxygen atoms in total. The summed E-state index contributed by atoms with van der Waals surface area (Å²) in [5.41, 5.74) is -0.00122. The Bertz CT molecular complexity index is 343. The van der Waals surface area contributed by atoms with Crippen LogP contribution in [0.25, 0.3) is 0 Å². The standard InChI is InChI=1S/C11H20FO5P/c1-5-15-11(13)10(12)9(4)8-18(14,16-6-2)17-7-3/h5-8H2,1-4H3/b10-9-. The summed E-state index contributed by atoms with van der Waals surface area (Å²) in [5.74, 6) is -2.11.